The number of hydrogen-bond donors (Lipinski definition) is 3. The molecule has 5 nitrogen and oxygen atoms in total. The summed E-state index contributed by atoms with van der Waals surface area (Å²) in [7, 11) is 0. The van der Waals surface area contributed by atoms with Gasteiger partial charge in [-0.2, -0.15) is 0 Å². The van der Waals surface area contributed by atoms with E-state index in [0.717, 1.165) is 12.8 Å². The van der Waals surface area contributed by atoms with E-state index in [1.165, 1.54) is 0 Å². The van der Waals surface area contributed by atoms with Crippen LogP contribution < -0.4 is 10.6 Å². The van der Waals surface area contributed by atoms with Crippen molar-refractivity contribution in [1.82, 2.24) is 10.6 Å². The quantitative estimate of drug-likeness (QED) is 0.511. The summed E-state index contributed by atoms with van der Waals surface area (Å²) >= 11 is 0. The molecule has 5 heteroatoms. The summed E-state index contributed by atoms with van der Waals surface area (Å²) in [5.74, 6) is -0.0219. The smallest absolute Gasteiger partial charge is 0.249 e. The Morgan fingerprint density at radius 3 is 3.00 bits per heavy atom. The van der Waals surface area contributed by atoms with Crippen LogP contribution in [0.25, 0.3) is 0 Å². The molecule has 15 heavy (non-hydrogen) atoms. The van der Waals surface area contributed by atoms with E-state index in [-0.39, 0.29) is 18.1 Å². The Kier molecular flexibility index (Phi) is 5.60. The molecule has 1 amide bonds. The minimum Gasteiger partial charge on any atom is -0.392 e. The molecule has 1 rings (SSSR count). The lowest BCUT2D eigenvalue weighted by atomic mass is 10.2. The molecule has 88 valence electrons. The number of aliphatic hydroxyl groups excluding tert-OH is 1. The molecule has 1 fully saturated rings. The van der Waals surface area contributed by atoms with Gasteiger partial charge in [0.25, 0.3) is 0 Å². The summed E-state index contributed by atoms with van der Waals surface area (Å²) in [5.41, 5.74) is 0. The Labute approximate surface area is 90.2 Å². The molecule has 0 radical (unpaired) electrons. The van der Waals surface area contributed by atoms with Gasteiger partial charge in [-0.15, -0.1) is 0 Å². The topological polar surface area (TPSA) is 70.6 Å². The van der Waals surface area contributed by atoms with Crippen molar-refractivity contribution in [2.75, 3.05) is 26.2 Å². The van der Waals surface area contributed by atoms with Crippen molar-refractivity contribution in [3.8, 4) is 0 Å². The SMILES string of the molecule is CC(O)CNCCNC(=O)[C@H]1CCCO1. The van der Waals surface area contributed by atoms with Crippen molar-refractivity contribution >= 4 is 5.91 Å². The fraction of sp³-hybridized carbons (Fsp3) is 0.900. The number of nitrogens with one attached hydrogen (secondary N) is 2. The lowest BCUT2D eigenvalue weighted by molar-refractivity contribution is -0.129. The highest BCUT2D eigenvalue weighted by molar-refractivity contribution is 5.80. The van der Waals surface area contributed by atoms with Crippen LogP contribution in [0.5, 0.6) is 0 Å². The van der Waals surface area contributed by atoms with Gasteiger partial charge in [-0.05, 0) is 19.8 Å². The zero-order valence-corrected chi connectivity index (χ0v) is 9.16. The second-order valence-corrected chi connectivity index (χ2v) is 3.85. The van der Waals surface area contributed by atoms with Gasteiger partial charge >= 0.3 is 0 Å². The maximum absolute atomic E-state index is 11.4. The molecular weight excluding hydrogens is 196 g/mol. The largest absolute Gasteiger partial charge is 0.392 e. The summed E-state index contributed by atoms with van der Waals surface area (Å²) in [5, 5.41) is 14.8. The number of rotatable bonds is 6. The molecule has 2 atom stereocenters. The molecule has 0 aromatic carbocycles. The first kappa shape index (κ1) is 12.4. The third-order valence-electron chi connectivity index (χ3n) is 2.26. The highest BCUT2D eigenvalue weighted by Gasteiger charge is 2.22. The van der Waals surface area contributed by atoms with E-state index in [1.807, 2.05) is 0 Å². The average Bonchev–Trinajstić information content (AvgIpc) is 2.69. The van der Waals surface area contributed by atoms with Crippen LogP contribution in [-0.2, 0) is 9.53 Å². The Morgan fingerprint density at radius 1 is 1.60 bits per heavy atom. The molecule has 1 unspecified atom stereocenters. The lowest BCUT2D eigenvalue weighted by Gasteiger charge is -2.11. The van der Waals surface area contributed by atoms with Crippen LogP contribution in [0.3, 0.4) is 0 Å². The monoisotopic (exact) mass is 216 g/mol. The van der Waals surface area contributed by atoms with Crippen molar-refractivity contribution < 1.29 is 14.6 Å². The lowest BCUT2D eigenvalue weighted by Crippen LogP contribution is -2.39. The van der Waals surface area contributed by atoms with Crippen molar-refractivity contribution in [1.29, 1.82) is 0 Å². The van der Waals surface area contributed by atoms with Crippen LogP contribution in [0, 0.1) is 0 Å². The zero-order valence-electron chi connectivity index (χ0n) is 9.16. The van der Waals surface area contributed by atoms with Gasteiger partial charge in [0.05, 0.1) is 6.10 Å². The summed E-state index contributed by atoms with van der Waals surface area (Å²) in [6.07, 6.45) is 1.20. The maximum Gasteiger partial charge on any atom is 0.249 e. The Balaban J connectivity index is 1.97. The van der Waals surface area contributed by atoms with Crippen LogP contribution in [-0.4, -0.2) is 49.5 Å². The minimum absolute atomic E-state index is 0.0219. The third-order valence-corrected chi connectivity index (χ3v) is 2.26. The second-order valence-electron chi connectivity index (χ2n) is 3.85. The van der Waals surface area contributed by atoms with Gasteiger partial charge in [0.1, 0.15) is 6.10 Å². The Bertz CT molecular complexity index is 191. The van der Waals surface area contributed by atoms with E-state index in [0.29, 0.717) is 26.2 Å². The molecule has 1 saturated heterocycles. The Morgan fingerprint density at radius 2 is 2.40 bits per heavy atom. The fourth-order valence-corrected chi connectivity index (χ4v) is 1.48. The number of amides is 1. The zero-order chi connectivity index (χ0) is 11.1. The first-order valence-electron chi connectivity index (χ1n) is 5.48. The predicted octanol–water partition coefficient (Wildman–Crippen LogP) is -0.748. The summed E-state index contributed by atoms with van der Waals surface area (Å²) < 4.78 is 5.24. The van der Waals surface area contributed by atoms with Crippen molar-refractivity contribution in [3.05, 3.63) is 0 Å². The van der Waals surface area contributed by atoms with Gasteiger partial charge in [0.15, 0.2) is 0 Å². The van der Waals surface area contributed by atoms with Gasteiger partial charge in [0.2, 0.25) is 5.91 Å². The summed E-state index contributed by atoms with van der Waals surface area (Å²) in [6.45, 7) is 4.21. The van der Waals surface area contributed by atoms with E-state index >= 15 is 0 Å². The molecule has 1 aliphatic rings. The van der Waals surface area contributed by atoms with Crippen LogP contribution in [0.1, 0.15) is 19.8 Å². The van der Waals surface area contributed by atoms with Crippen molar-refractivity contribution in [2.45, 2.75) is 32.0 Å². The van der Waals surface area contributed by atoms with Crippen LogP contribution in [0.15, 0.2) is 0 Å². The predicted molar refractivity (Wildman–Crippen MR) is 56.5 cm³/mol. The molecule has 0 saturated carbocycles. The Hall–Kier alpha value is -0.650. The third kappa shape index (κ3) is 5.11. The van der Waals surface area contributed by atoms with E-state index in [1.54, 1.807) is 6.92 Å². The second kappa shape index (κ2) is 6.76. The van der Waals surface area contributed by atoms with E-state index in [4.69, 9.17) is 9.84 Å². The van der Waals surface area contributed by atoms with Crippen molar-refractivity contribution in [2.24, 2.45) is 0 Å². The maximum atomic E-state index is 11.4. The molecule has 1 heterocycles. The molecule has 0 bridgehead atoms. The van der Waals surface area contributed by atoms with E-state index < -0.39 is 0 Å². The number of hydrogen-bond acceptors (Lipinski definition) is 4. The van der Waals surface area contributed by atoms with Gasteiger partial charge < -0.3 is 20.5 Å². The first-order chi connectivity index (χ1) is 7.20. The van der Waals surface area contributed by atoms with Gasteiger partial charge in [-0.25, -0.2) is 0 Å². The van der Waals surface area contributed by atoms with Crippen LogP contribution in [0.4, 0.5) is 0 Å². The molecule has 0 aromatic heterocycles. The molecule has 0 spiro atoms. The molecule has 3 N–H and O–H groups in total. The molecule has 0 aromatic rings. The van der Waals surface area contributed by atoms with Crippen LogP contribution >= 0.6 is 0 Å². The molecule has 1 aliphatic heterocycles. The first-order valence-corrected chi connectivity index (χ1v) is 5.48. The summed E-state index contributed by atoms with van der Waals surface area (Å²) in [6, 6.07) is 0. The summed E-state index contributed by atoms with van der Waals surface area (Å²) in [4.78, 5) is 11.4. The molecular formula is C10H20N2O3. The standard InChI is InChI=1S/C10H20N2O3/c1-8(13)7-11-4-5-12-10(14)9-3-2-6-15-9/h8-9,11,13H,2-7H2,1H3,(H,12,14)/t8?,9-/m1/s1. The number of carbonyl (C=O) groups is 1. The highest BCUT2D eigenvalue weighted by atomic mass is 16.5. The van der Waals surface area contributed by atoms with Gasteiger partial charge in [-0.1, -0.05) is 0 Å². The van der Waals surface area contributed by atoms with Gasteiger partial charge in [0, 0.05) is 26.2 Å². The number of aliphatic hydroxyl groups is 1. The van der Waals surface area contributed by atoms with E-state index in [2.05, 4.69) is 10.6 Å². The fourth-order valence-electron chi connectivity index (χ4n) is 1.48. The van der Waals surface area contributed by atoms with Gasteiger partial charge in [-0.3, -0.25) is 4.79 Å². The molecule has 0 aliphatic carbocycles. The number of ether oxygens (including phenoxy) is 1. The average molecular weight is 216 g/mol. The van der Waals surface area contributed by atoms with Crippen molar-refractivity contribution in [3.63, 3.8) is 0 Å². The normalized spacial score (nSPS) is 22.7. The van der Waals surface area contributed by atoms with E-state index in [9.17, 15) is 4.79 Å². The highest BCUT2D eigenvalue weighted by Crippen LogP contribution is 2.11. The van der Waals surface area contributed by atoms with Crippen LogP contribution in [0.2, 0.25) is 0 Å². The number of carbonyl (C=O) groups excluding carboxylic acids is 1. The minimum atomic E-state index is -0.348.